The first kappa shape index (κ1) is 17.5. The number of hydrogen-bond acceptors (Lipinski definition) is 4. The molecule has 0 fully saturated rings. The van der Waals surface area contributed by atoms with Crippen LogP contribution < -0.4 is 10.1 Å². The lowest BCUT2D eigenvalue weighted by molar-refractivity contribution is 0.102. The van der Waals surface area contributed by atoms with Gasteiger partial charge in [-0.25, -0.2) is 0 Å². The van der Waals surface area contributed by atoms with E-state index in [1.807, 2.05) is 49.4 Å². The van der Waals surface area contributed by atoms with Gasteiger partial charge in [0.05, 0.1) is 23.9 Å². The molecule has 0 aliphatic carbocycles. The van der Waals surface area contributed by atoms with Crippen LogP contribution in [0.5, 0.6) is 5.75 Å². The van der Waals surface area contributed by atoms with Crippen LogP contribution in [0.15, 0.2) is 42.5 Å². The van der Waals surface area contributed by atoms with Crippen molar-refractivity contribution < 1.29 is 9.53 Å². The number of carbonyl (C=O) groups excluding carboxylic acids is 1. The first-order chi connectivity index (χ1) is 13.1. The highest BCUT2D eigenvalue weighted by Gasteiger charge is 2.25. The van der Waals surface area contributed by atoms with Gasteiger partial charge in [-0.3, -0.25) is 9.78 Å². The molecule has 1 amide bonds. The first-order valence-corrected chi connectivity index (χ1v) is 9.12. The van der Waals surface area contributed by atoms with Gasteiger partial charge in [-0.05, 0) is 37.7 Å². The summed E-state index contributed by atoms with van der Waals surface area (Å²) in [5.74, 6) is 0.530. The number of para-hydroxylation sites is 1. The van der Waals surface area contributed by atoms with Crippen LogP contribution in [0.25, 0.3) is 10.9 Å². The van der Waals surface area contributed by atoms with Crippen molar-refractivity contribution in [2.24, 2.45) is 0 Å². The number of carbonyl (C=O) groups is 1. The second-order valence-corrected chi connectivity index (χ2v) is 7.07. The zero-order chi connectivity index (χ0) is 19.0. The Labute approximate surface area is 159 Å². The number of aromatic nitrogens is 1. The maximum Gasteiger partial charge on any atom is 0.256 e. The van der Waals surface area contributed by atoms with Crippen LogP contribution in [0.1, 0.15) is 27.2 Å². The number of amides is 1. The van der Waals surface area contributed by atoms with Crippen LogP contribution in [0.2, 0.25) is 0 Å². The molecule has 138 valence electrons. The fourth-order valence-corrected chi connectivity index (χ4v) is 3.69. The normalized spacial score (nSPS) is 14.0. The van der Waals surface area contributed by atoms with E-state index in [-0.39, 0.29) is 5.91 Å². The van der Waals surface area contributed by atoms with Crippen LogP contribution in [-0.4, -0.2) is 36.5 Å². The van der Waals surface area contributed by atoms with Crippen molar-refractivity contribution in [1.29, 1.82) is 0 Å². The summed E-state index contributed by atoms with van der Waals surface area (Å²) in [5.41, 5.74) is 5.36. The van der Waals surface area contributed by atoms with E-state index in [1.54, 1.807) is 7.11 Å². The fourth-order valence-electron chi connectivity index (χ4n) is 3.69. The number of nitrogens with zero attached hydrogens (tertiary/aromatic N) is 2. The molecule has 0 saturated heterocycles. The van der Waals surface area contributed by atoms with E-state index >= 15 is 0 Å². The first-order valence-electron chi connectivity index (χ1n) is 9.12. The molecule has 0 radical (unpaired) electrons. The Morgan fingerprint density at radius 2 is 2.04 bits per heavy atom. The van der Waals surface area contributed by atoms with E-state index in [9.17, 15) is 4.79 Å². The Kier molecular flexibility index (Phi) is 4.54. The van der Waals surface area contributed by atoms with Gasteiger partial charge in [0, 0.05) is 36.2 Å². The summed E-state index contributed by atoms with van der Waals surface area (Å²) in [6, 6.07) is 13.6. The van der Waals surface area contributed by atoms with E-state index in [0.29, 0.717) is 17.0 Å². The Morgan fingerprint density at radius 1 is 1.22 bits per heavy atom. The number of benzene rings is 2. The molecule has 5 heteroatoms. The van der Waals surface area contributed by atoms with Crippen molar-refractivity contribution in [1.82, 2.24) is 9.88 Å². The van der Waals surface area contributed by atoms with Gasteiger partial charge >= 0.3 is 0 Å². The fraction of sp³-hybridized carbons (Fsp3) is 0.273. The van der Waals surface area contributed by atoms with Gasteiger partial charge in [0.1, 0.15) is 5.75 Å². The number of pyridine rings is 1. The number of rotatable bonds is 3. The highest BCUT2D eigenvalue weighted by molar-refractivity contribution is 6.14. The molecule has 3 aromatic rings. The Bertz CT molecular complexity index is 1030. The molecule has 4 rings (SSSR count). The molecule has 1 N–H and O–H groups in total. The van der Waals surface area contributed by atoms with Crippen molar-refractivity contribution in [3.63, 3.8) is 0 Å². The summed E-state index contributed by atoms with van der Waals surface area (Å²) >= 11 is 0. The number of hydrogen-bond donors (Lipinski definition) is 1. The minimum absolute atomic E-state index is 0.121. The Morgan fingerprint density at radius 3 is 2.85 bits per heavy atom. The predicted molar refractivity (Wildman–Crippen MR) is 107 cm³/mol. The van der Waals surface area contributed by atoms with Gasteiger partial charge in [-0.1, -0.05) is 24.3 Å². The van der Waals surface area contributed by atoms with Crippen molar-refractivity contribution >= 4 is 22.5 Å². The second kappa shape index (κ2) is 7.00. The summed E-state index contributed by atoms with van der Waals surface area (Å²) in [7, 11) is 3.68. The number of methoxy groups -OCH3 is 1. The van der Waals surface area contributed by atoms with Crippen molar-refractivity contribution in [2.45, 2.75) is 19.9 Å². The van der Waals surface area contributed by atoms with E-state index in [0.717, 1.165) is 47.2 Å². The van der Waals surface area contributed by atoms with Gasteiger partial charge in [0.2, 0.25) is 0 Å². The molecule has 1 aromatic heterocycles. The third-order valence-corrected chi connectivity index (χ3v) is 5.07. The molecule has 2 heterocycles. The summed E-state index contributed by atoms with van der Waals surface area (Å²) in [5, 5.41) is 3.95. The number of likely N-dealkylation sites (N-methyl/N-ethyl adjacent to an activating group) is 1. The lowest BCUT2D eigenvalue weighted by Crippen LogP contribution is -2.30. The second-order valence-electron chi connectivity index (χ2n) is 7.07. The SMILES string of the molecule is COc1ccc(C)cc1NC(=O)c1c2c(nc3ccccc13)CCN(C)C2. The maximum absolute atomic E-state index is 13.4. The van der Waals surface area contributed by atoms with Crippen LogP contribution in [0, 0.1) is 6.92 Å². The van der Waals surface area contributed by atoms with Gasteiger partial charge in [0.15, 0.2) is 0 Å². The van der Waals surface area contributed by atoms with Gasteiger partial charge in [0.25, 0.3) is 5.91 Å². The average Bonchev–Trinajstić information content (AvgIpc) is 2.66. The van der Waals surface area contributed by atoms with Gasteiger partial charge in [-0.15, -0.1) is 0 Å². The maximum atomic E-state index is 13.4. The summed E-state index contributed by atoms with van der Waals surface area (Å²) in [6.07, 6.45) is 0.852. The van der Waals surface area contributed by atoms with E-state index < -0.39 is 0 Å². The van der Waals surface area contributed by atoms with Gasteiger partial charge in [-0.2, -0.15) is 0 Å². The number of nitrogens with one attached hydrogen (secondary N) is 1. The summed E-state index contributed by atoms with van der Waals surface area (Å²) < 4.78 is 5.42. The minimum Gasteiger partial charge on any atom is -0.495 e. The quantitative estimate of drug-likeness (QED) is 0.771. The zero-order valence-electron chi connectivity index (χ0n) is 15.9. The lowest BCUT2D eigenvalue weighted by atomic mass is 9.95. The standard InChI is InChI=1S/C22H23N3O2/c1-14-8-9-20(27-3)19(12-14)24-22(26)21-15-6-4-5-7-17(15)23-18-10-11-25(2)13-16(18)21/h4-9,12H,10-11,13H2,1-3H3,(H,24,26). The number of fused-ring (bicyclic) bond motifs is 2. The zero-order valence-corrected chi connectivity index (χ0v) is 15.9. The van der Waals surface area contributed by atoms with Crippen LogP contribution in [-0.2, 0) is 13.0 Å². The smallest absolute Gasteiger partial charge is 0.256 e. The number of ether oxygens (including phenoxy) is 1. The molecule has 5 nitrogen and oxygen atoms in total. The molecule has 0 unspecified atom stereocenters. The van der Waals surface area contributed by atoms with Crippen LogP contribution in [0.4, 0.5) is 5.69 Å². The molecule has 2 aromatic carbocycles. The Hall–Kier alpha value is -2.92. The summed E-state index contributed by atoms with van der Waals surface area (Å²) in [6.45, 7) is 3.67. The molecule has 1 aliphatic rings. The lowest BCUT2D eigenvalue weighted by Gasteiger charge is -2.27. The summed E-state index contributed by atoms with van der Waals surface area (Å²) in [4.78, 5) is 20.4. The third kappa shape index (κ3) is 3.26. The molecule has 27 heavy (non-hydrogen) atoms. The number of aryl methyl sites for hydroxylation is 1. The molecule has 0 spiro atoms. The monoisotopic (exact) mass is 361 g/mol. The molecule has 0 atom stereocenters. The molecule has 0 bridgehead atoms. The molecule has 1 aliphatic heterocycles. The van der Waals surface area contributed by atoms with Crippen LogP contribution >= 0.6 is 0 Å². The third-order valence-electron chi connectivity index (χ3n) is 5.07. The van der Waals surface area contributed by atoms with E-state index in [2.05, 4.69) is 17.3 Å². The molecular weight excluding hydrogens is 338 g/mol. The van der Waals surface area contributed by atoms with E-state index in [4.69, 9.17) is 9.72 Å². The highest BCUT2D eigenvalue weighted by Crippen LogP contribution is 2.30. The predicted octanol–water partition coefficient (Wildman–Crippen LogP) is 3.79. The Balaban J connectivity index is 1.84. The van der Waals surface area contributed by atoms with E-state index in [1.165, 1.54) is 0 Å². The molecular formula is C22H23N3O2. The average molecular weight is 361 g/mol. The van der Waals surface area contributed by atoms with Gasteiger partial charge < -0.3 is 15.0 Å². The van der Waals surface area contributed by atoms with Crippen molar-refractivity contribution in [2.75, 3.05) is 26.0 Å². The largest absolute Gasteiger partial charge is 0.495 e. The van der Waals surface area contributed by atoms with Crippen LogP contribution in [0.3, 0.4) is 0 Å². The topological polar surface area (TPSA) is 54.5 Å². The molecule has 0 saturated carbocycles. The van der Waals surface area contributed by atoms with Crippen molar-refractivity contribution in [3.05, 3.63) is 64.8 Å². The highest BCUT2D eigenvalue weighted by atomic mass is 16.5. The van der Waals surface area contributed by atoms with Crippen molar-refractivity contribution in [3.8, 4) is 5.75 Å². The minimum atomic E-state index is -0.121. The number of anilines is 1.